The van der Waals surface area contributed by atoms with Gasteiger partial charge in [-0.05, 0) is 24.5 Å². The molecule has 0 spiro atoms. The lowest BCUT2D eigenvalue weighted by Crippen LogP contribution is -2.38. The van der Waals surface area contributed by atoms with Crippen molar-refractivity contribution >= 4 is 38.4 Å². The van der Waals surface area contributed by atoms with Gasteiger partial charge in [0.1, 0.15) is 5.75 Å². The molecule has 8 heteroatoms. The first-order chi connectivity index (χ1) is 13.5. The van der Waals surface area contributed by atoms with Gasteiger partial charge in [-0.15, -0.1) is 0 Å². The predicted octanol–water partition coefficient (Wildman–Crippen LogP) is 3.27. The first-order valence-electron chi connectivity index (χ1n) is 9.88. The summed E-state index contributed by atoms with van der Waals surface area (Å²) < 4.78 is 29.8. The second-order valence-corrected chi connectivity index (χ2v) is 11.2. The van der Waals surface area contributed by atoms with Crippen molar-refractivity contribution in [2.24, 2.45) is 10.9 Å². The predicted molar refractivity (Wildman–Crippen MR) is 113 cm³/mol. The zero-order valence-corrected chi connectivity index (χ0v) is 17.7. The molecule has 0 radical (unpaired) electrons. The van der Waals surface area contributed by atoms with E-state index in [9.17, 15) is 13.2 Å². The topological polar surface area (TPSA) is 76.0 Å². The molecule has 4 rings (SSSR count). The molecule has 1 aliphatic carbocycles. The molecule has 28 heavy (non-hydrogen) atoms. The van der Waals surface area contributed by atoms with E-state index in [-0.39, 0.29) is 28.7 Å². The first-order valence-corrected chi connectivity index (χ1v) is 12.6. The van der Waals surface area contributed by atoms with E-state index in [4.69, 9.17) is 4.74 Å². The quantitative estimate of drug-likeness (QED) is 0.725. The van der Waals surface area contributed by atoms with Crippen molar-refractivity contribution in [2.75, 3.05) is 23.5 Å². The third-order valence-electron chi connectivity index (χ3n) is 5.87. The van der Waals surface area contributed by atoms with Crippen molar-refractivity contribution in [3.05, 3.63) is 24.3 Å². The Kier molecular flexibility index (Phi) is 5.69. The molecule has 3 aliphatic rings. The Morgan fingerprint density at radius 3 is 2.75 bits per heavy atom. The van der Waals surface area contributed by atoms with Crippen molar-refractivity contribution in [3.8, 4) is 5.75 Å². The monoisotopic (exact) mass is 422 g/mol. The number of para-hydroxylation sites is 2. The summed E-state index contributed by atoms with van der Waals surface area (Å²) in [6.07, 6.45) is 6.32. The van der Waals surface area contributed by atoms with E-state index in [2.05, 4.69) is 4.99 Å². The van der Waals surface area contributed by atoms with Gasteiger partial charge >= 0.3 is 0 Å². The van der Waals surface area contributed by atoms with Crippen LogP contribution in [-0.4, -0.2) is 49.4 Å². The third kappa shape index (κ3) is 4.08. The van der Waals surface area contributed by atoms with Crippen LogP contribution < -0.4 is 9.64 Å². The second-order valence-electron chi connectivity index (χ2n) is 7.82. The standard InChI is InChI=1S/C20H26N2O4S2/c1-26-17-9-5-4-8-15(17)22-16-12-28(24,25)13-18(16)27-20(22)21-19(23)11-10-14-6-2-3-7-14/h4-5,8-9,14,16,18H,2-3,6-7,10-13H2,1H3/t16-,18+/m0/s1. The molecule has 6 nitrogen and oxygen atoms in total. The van der Waals surface area contributed by atoms with Crippen LogP contribution >= 0.6 is 11.8 Å². The van der Waals surface area contributed by atoms with Gasteiger partial charge in [-0.2, -0.15) is 4.99 Å². The Bertz CT molecular complexity index is 878. The Morgan fingerprint density at radius 2 is 2.00 bits per heavy atom. The average molecular weight is 423 g/mol. The summed E-state index contributed by atoms with van der Waals surface area (Å²) in [5.41, 5.74) is 0.768. The van der Waals surface area contributed by atoms with E-state index in [0.29, 0.717) is 23.3 Å². The summed E-state index contributed by atoms with van der Waals surface area (Å²) in [7, 11) is -1.49. The summed E-state index contributed by atoms with van der Waals surface area (Å²) in [5.74, 6) is 1.40. The largest absolute Gasteiger partial charge is 0.495 e. The van der Waals surface area contributed by atoms with Crippen molar-refractivity contribution in [2.45, 2.75) is 49.8 Å². The minimum Gasteiger partial charge on any atom is -0.495 e. The lowest BCUT2D eigenvalue weighted by molar-refractivity contribution is -0.118. The number of fused-ring (bicyclic) bond motifs is 1. The van der Waals surface area contributed by atoms with Crippen LogP contribution in [-0.2, 0) is 14.6 Å². The van der Waals surface area contributed by atoms with E-state index >= 15 is 0 Å². The van der Waals surface area contributed by atoms with Gasteiger partial charge in [0.05, 0.1) is 30.3 Å². The zero-order valence-electron chi connectivity index (χ0n) is 16.0. The van der Waals surface area contributed by atoms with E-state index in [1.165, 1.54) is 37.4 Å². The van der Waals surface area contributed by atoms with Crippen molar-refractivity contribution in [1.29, 1.82) is 0 Å². The average Bonchev–Trinajstić information content (AvgIpc) is 3.34. The summed E-state index contributed by atoms with van der Waals surface area (Å²) in [4.78, 5) is 18.9. The van der Waals surface area contributed by atoms with E-state index < -0.39 is 9.84 Å². The molecule has 3 fully saturated rings. The summed E-state index contributed by atoms with van der Waals surface area (Å²) >= 11 is 1.41. The molecular weight excluding hydrogens is 396 g/mol. The highest BCUT2D eigenvalue weighted by Gasteiger charge is 2.50. The molecule has 0 bridgehead atoms. The van der Waals surface area contributed by atoms with Crippen LogP contribution in [0.3, 0.4) is 0 Å². The van der Waals surface area contributed by atoms with Crippen LogP contribution in [0.2, 0.25) is 0 Å². The molecule has 2 aliphatic heterocycles. The van der Waals surface area contributed by atoms with Crippen LogP contribution in [0, 0.1) is 5.92 Å². The summed E-state index contributed by atoms with van der Waals surface area (Å²) in [5, 5.41) is 0.502. The van der Waals surface area contributed by atoms with Crippen LogP contribution in [0.1, 0.15) is 38.5 Å². The van der Waals surface area contributed by atoms with E-state index in [1.54, 1.807) is 7.11 Å². The molecule has 0 unspecified atom stereocenters. The number of methoxy groups -OCH3 is 1. The molecule has 1 aromatic carbocycles. The number of amidine groups is 1. The SMILES string of the molecule is COc1ccccc1N1C(=NC(=O)CCC2CCCC2)S[C@@H]2CS(=O)(=O)C[C@@H]21. The fourth-order valence-corrected chi connectivity index (χ4v) is 8.39. The minimum absolute atomic E-state index is 0.0813. The van der Waals surface area contributed by atoms with Crippen LogP contribution in [0.5, 0.6) is 5.75 Å². The fourth-order valence-electron chi connectivity index (χ4n) is 4.46. The maximum atomic E-state index is 12.6. The van der Waals surface area contributed by atoms with Gasteiger partial charge in [-0.1, -0.05) is 49.6 Å². The maximum Gasteiger partial charge on any atom is 0.248 e. The van der Waals surface area contributed by atoms with Crippen LogP contribution in [0.4, 0.5) is 5.69 Å². The Hall–Kier alpha value is -1.54. The Labute approximate surface area is 170 Å². The number of hydrogen-bond donors (Lipinski definition) is 0. The third-order valence-corrected chi connectivity index (χ3v) is 9.08. The van der Waals surface area contributed by atoms with E-state index in [0.717, 1.165) is 12.1 Å². The lowest BCUT2D eigenvalue weighted by atomic mass is 10.0. The molecule has 2 saturated heterocycles. The lowest BCUT2D eigenvalue weighted by Gasteiger charge is -2.26. The first kappa shape index (κ1) is 19.8. The van der Waals surface area contributed by atoms with Gasteiger partial charge in [0.2, 0.25) is 5.91 Å². The normalized spacial score (nSPS) is 28.0. The number of rotatable bonds is 5. The number of anilines is 1. The molecule has 0 N–H and O–H groups in total. The number of hydrogen-bond acceptors (Lipinski definition) is 5. The molecule has 152 valence electrons. The van der Waals surface area contributed by atoms with E-state index in [1.807, 2.05) is 29.2 Å². The molecule has 0 aromatic heterocycles. The summed E-state index contributed by atoms with van der Waals surface area (Å²) in [6.45, 7) is 0. The number of benzene rings is 1. The molecular formula is C20H26N2O4S2. The molecule has 1 saturated carbocycles. The number of carbonyl (C=O) groups is 1. The number of carbonyl (C=O) groups excluding carboxylic acids is 1. The number of sulfone groups is 1. The number of nitrogens with zero attached hydrogens (tertiary/aromatic N) is 2. The fraction of sp³-hybridized carbons (Fsp3) is 0.600. The van der Waals surface area contributed by atoms with Gasteiger partial charge in [-0.25, -0.2) is 8.42 Å². The van der Waals surface area contributed by atoms with Gasteiger partial charge in [0, 0.05) is 11.7 Å². The molecule has 2 atom stereocenters. The maximum absolute atomic E-state index is 12.6. The van der Waals surface area contributed by atoms with Gasteiger partial charge in [0.15, 0.2) is 15.0 Å². The Balaban J connectivity index is 1.59. The van der Waals surface area contributed by atoms with Gasteiger partial charge < -0.3 is 9.64 Å². The number of thioether (sulfide) groups is 1. The smallest absolute Gasteiger partial charge is 0.248 e. The summed E-state index contributed by atoms with van der Waals surface area (Å²) in [6, 6.07) is 7.28. The zero-order chi connectivity index (χ0) is 19.7. The number of ether oxygens (including phenoxy) is 1. The highest BCUT2D eigenvalue weighted by atomic mass is 32.2. The van der Waals surface area contributed by atoms with Gasteiger partial charge in [0.25, 0.3) is 0 Å². The number of aliphatic imine (C=N–C) groups is 1. The molecule has 1 aromatic rings. The molecule has 1 amide bonds. The van der Waals surface area contributed by atoms with Crippen LogP contribution in [0.15, 0.2) is 29.3 Å². The molecule has 2 heterocycles. The highest BCUT2D eigenvalue weighted by Crippen LogP contribution is 2.43. The highest BCUT2D eigenvalue weighted by molar-refractivity contribution is 8.16. The Morgan fingerprint density at radius 1 is 1.25 bits per heavy atom. The van der Waals surface area contributed by atoms with Crippen molar-refractivity contribution in [3.63, 3.8) is 0 Å². The minimum atomic E-state index is -3.08. The van der Waals surface area contributed by atoms with Gasteiger partial charge in [-0.3, -0.25) is 4.79 Å². The number of amides is 1. The second kappa shape index (κ2) is 8.06. The van der Waals surface area contributed by atoms with Crippen molar-refractivity contribution in [1.82, 2.24) is 0 Å². The van der Waals surface area contributed by atoms with Crippen LogP contribution in [0.25, 0.3) is 0 Å². The van der Waals surface area contributed by atoms with Crippen molar-refractivity contribution < 1.29 is 17.9 Å².